The molecule has 1 fully saturated rings. The van der Waals surface area contributed by atoms with Gasteiger partial charge in [-0.3, -0.25) is 4.79 Å². The summed E-state index contributed by atoms with van der Waals surface area (Å²) in [5, 5.41) is 10.5. The Morgan fingerprint density at radius 1 is 1.37 bits per heavy atom. The van der Waals surface area contributed by atoms with Crippen molar-refractivity contribution in [1.82, 2.24) is 0 Å². The lowest BCUT2D eigenvalue weighted by Gasteiger charge is -2.27. The number of rotatable bonds is 6. The van der Waals surface area contributed by atoms with E-state index < -0.39 is 12.2 Å². The van der Waals surface area contributed by atoms with Crippen LogP contribution in [-0.4, -0.2) is 30.9 Å². The number of hydrogen-bond donors (Lipinski definition) is 1. The van der Waals surface area contributed by atoms with Crippen LogP contribution in [0.5, 0.6) is 0 Å². The zero-order valence-electron chi connectivity index (χ0n) is 11.1. The highest BCUT2D eigenvalue weighted by molar-refractivity contribution is 5.83. The second kappa shape index (κ2) is 6.80. The number of ketones is 1. The van der Waals surface area contributed by atoms with Crippen molar-refractivity contribution in [2.75, 3.05) is 13.9 Å². The van der Waals surface area contributed by atoms with Gasteiger partial charge in [0.1, 0.15) is 18.7 Å². The number of Topliss-reactive ketones (excluding diaryl/α,β-unsaturated/α-hetero) is 1. The molecular weight excluding hydrogens is 244 g/mol. The molecule has 4 heteroatoms. The Kier molecular flexibility index (Phi) is 5.07. The normalized spacial score (nSPS) is 22.4. The molecule has 0 aliphatic heterocycles. The Bertz CT molecular complexity index is 404. The second-order valence-electron chi connectivity index (χ2n) is 4.86. The molecule has 0 amide bonds. The largest absolute Gasteiger partial charge is 0.389 e. The molecule has 0 aromatic heterocycles. The maximum absolute atomic E-state index is 11.8. The maximum atomic E-state index is 11.8. The van der Waals surface area contributed by atoms with Gasteiger partial charge in [0.2, 0.25) is 0 Å². The van der Waals surface area contributed by atoms with Crippen LogP contribution in [0.1, 0.15) is 30.9 Å². The van der Waals surface area contributed by atoms with Gasteiger partial charge in [-0.25, -0.2) is 0 Å². The summed E-state index contributed by atoms with van der Waals surface area (Å²) in [6.07, 6.45) is 0.820. The summed E-state index contributed by atoms with van der Waals surface area (Å²) in [4.78, 5) is 11.8. The van der Waals surface area contributed by atoms with E-state index in [-0.39, 0.29) is 18.5 Å². The molecule has 1 N–H and O–H groups in total. The van der Waals surface area contributed by atoms with E-state index >= 15 is 0 Å². The predicted octanol–water partition coefficient (Wildman–Crippen LogP) is 2.08. The molecule has 0 radical (unpaired) electrons. The van der Waals surface area contributed by atoms with Gasteiger partial charge < -0.3 is 14.6 Å². The van der Waals surface area contributed by atoms with E-state index in [4.69, 9.17) is 9.47 Å². The van der Waals surface area contributed by atoms with Crippen molar-refractivity contribution in [1.29, 1.82) is 0 Å². The van der Waals surface area contributed by atoms with Gasteiger partial charge in [-0.05, 0) is 18.4 Å². The van der Waals surface area contributed by atoms with E-state index in [1.165, 1.54) is 7.11 Å². The summed E-state index contributed by atoms with van der Waals surface area (Å²) < 4.78 is 10.5. The number of hydrogen-bond acceptors (Lipinski definition) is 4. The Hall–Kier alpha value is -1.23. The first kappa shape index (κ1) is 14.2. The van der Waals surface area contributed by atoms with Crippen molar-refractivity contribution in [2.45, 2.75) is 31.5 Å². The third-order valence-electron chi connectivity index (χ3n) is 3.57. The smallest absolute Gasteiger partial charge is 0.147 e. The van der Waals surface area contributed by atoms with Gasteiger partial charge in [-0.15, -0.1) is 0 Å². The maximum Gasteiger partial charge on any atom is 0.147 e. The number of methoxy groups -OCH3 is 1. The Balaban J connectivity index is 2.15. The summed E-state index contributed by atoms with van der Waals surface area (Å²) in [5.41, 5.74) is 0.867. The molecule has 4 nitrogen and oxygen atoms in total. The molecule has 1 aliphatic carbocycles. The van der Waals surface area contributed by atoms with Crippen molar-refractivity contribution in [3.8, 4) is 0 Å². The van der Waals surface area contributed by atoms with Crippen molar-refractivity contribution >= 4 is 5.78 Å². The molecule has 1 aromatic rings. The third kappa shape index (κ3) is 3.41. The van der Waals surface area contributed by atoms with Gasteiger partial charge in [0.15, 0.2) is 0 Å². The van der Waals surface area contributed by atoms with E-state index in [0.29, 0.717) is 6.42 Å². The van der Waals surface area contributed by atoms with E-state index in [1.54, 1.807) is 0 Å². The molecular formula is C15H20O4. The second-order valence-corrected chi connectivity index (χ2v) is 4.86. The molecule has 1 aliphatic rings. The monoisotopic (exact) mass is 264 g/mol. The van der Waals surface area contributed by atoms with Crippen LogP contribution in [0.15, 0.2) is 30.3 Å². The lowest BCUT2D eigenvalue weighted by atomic mass is 9.91. The molecule has 0 saturated heterocycles. The van der Waals surface area contributed by atoms with Crippen LogP contribution in [0.4, 0.5) is 0 Å². The Morgan fingerprint density at radius 2 is 2.11 bits per heavy atom. The number of ether oxygens (including phenoxy) is 2. The summed E-state index contributed by atoms with van der Waals surface area (Å²) in [6, 6.07) is 9.47. The first-order valence-corrected chi connectivity index (χ1v) is 6.60. The van der Waals surface area contributed by atoms with Gasteiger partial charge in [0, 0.05) is 19.4 Å². The van der Waals surface area contributed by atoms with Crippen molar-refractivity contribution in [3.05, 3.63) is 35.9 Å². The van der Waals surface area contributed by atoms with Crippen LogP contribution in [-0.2, 0) is 14.3 Å². The molecule has 3 atom stereocenters. The van der Waals surface area contributed by atoms with Crippen molar-refractivity contribution in [2.24, 2.45) is 5.92 Å². The van der Waals surface area contributed by atoms with Gasteiger partial charge in [-0.2, -0.15) is 0 Å². The summed E-state index contributed by atoms with van der Waals surface area (Å²) in [7, 11) is 1.54. The third-order valence-corrected chi connectivity index (χ3v) is 3.57. The van der Waals surface area contributed by atoms with Crippen LogP contribution in [0.3, 0.4) is 0 Å². The molecule has 19 heavy (non-hydrogen) atoms. The highest BCUT2D eigenvalue weighted by Crippen LogP contribution is 2.33. The molecule has 104 valence electrons. The molecule has 1 aromatic carbocycles. The fourth-order valence-electron chi connectivity index (χ4n) is 2.59. The van der Waals surface area contributed by atoms with E-state index in [9.17, 15) is 9.90 Å². The predicted molar refractivity (Wildman–Crippen MR) is 70.5 cm³/mol. The van der Waals surface area contributed by atoms with Gasteiger partial charge in [0.05, 0.1) is 6.10 Å². The molecule has 2 rings (SSSR count). The van der Waals surface area contributed by atoms with Gasteiger partial charge in [-0.1, -0.05) is 30.3 Å². The highest BCUT2D eigenvalue weighted by Gasteiger charge is 2.36. The zero-order chi connectivity index (χ0) is 13.7. The van der Waals surface area contributed by atoms with Crippen LogP contribution < -0.4 is 0 Å². The number of carbonyl (C=O) groups is 1. The minimum atomic E-state index is -0.812. The van der Waals surface area contributed by atoms with E-state index in [2.05, 4.69) is 0 Å². The number of carbonyl (C=O) groups excluding carboxylic acids is 1. The van der Waals surface area contributed by atoms with E-state index in [1.807, 2.05) is 30.3 Å². The summed E-state index contributed by atoms with van der Waals surface area (Å²) in [5.74, 6) is -0.184. The minimum absolute atomic E-state index is 0.0948. The number of benzene rings is 1. The van der Waals surface area contributed by atoms with Crippen LogP contribution in [0.25, 0.3) is 0 Å². The first-order chi connectivity index (χ1) is 9.24. The zero-order valence-corrected chi connectivity index (χ0v) is 11.1. The van der Waals surface area contributed by atoms with Crippen molar-refractivity contribution < 1.29 is 19.4 Å². The molecule has 0 bridgehead atoms. The molecule has 0 unspecified atom stereocenters. The van der Waals surface area contributed by atoms with Crippen LogP contribution in [0.2, 0.25) is 0 Å². The highest BCUT2D eigenvalue weighted by atomic mass is 16.7. The van der Waals surface area contributed by atoms with Crippen LogP contribution >= 0.6 is 0 Å². The van der Waals surface area contributed by atoms with Gasteiger partial charge in [0.25, 0.3) is 0 Å². The molecule has 1 saturated carbocycles. The fraction of sp³-hybridized carbons (Fsp3) is 0.533. The van der Waals surface area contributed by atoms with E-state index in [0.717, 1.165) is 18.4 Å². The average molecular weight is 264 g/mol. The minimum Gasteiger partial charge on any atom is -0.389 e. The standard InChI is InChI=1S/C15H20O4/c1-18-10-19-15(11-6-3-2-4-7-11)14(17)12-8-5-9-13(12)16/h2-4,6-7,12,14-15,17H,5,8-10H2,1H3/t12-,14-,15+/m0/s1. The summed E-state index contributed by atoms with van der Waals surface area (Å²) in [6.45, 7) is 0.0948. The quantitative estimate of drug-likeness (QED) is 0.799. The summed E-state index contributed by atoms with van der Waals surface area (Å²) >= 11 is 0. The SMILES string of the molecule is COCO[C@H](c1ccccc1)[C@@H](O)[C@H]1CCCC1=O. The lowest BCUT2D eigenvalue weighted by Crippen LogP contribution is -2.32. The molecule has 0 heterocycles. The Labute approximate surface area is 113 Å². The molecule has 0 spiro atoms. The lowest BCUT2D eigenvalue weighted by molar-refractivity contribution is -0.141. The Morgan fingerprint density at radius 3 is 2.68 bits per heavy atom. The number of aliphatic hydroxyl groups excluding tert-OH is 1. The van der Waals surface area contributed by atoms with Crippen molar-refractivity contribution in [3.63, 3.8) is 0 Å². The average Bonchev–Trinajstić information content (AvgIpc) is 2.86. The van der Waals surface area contributed by atoms with Crippen LogP contribution in [0, 0.1) is 5.92 Å². The fourth-order valence-corrected chi connectivity index (χ4v) is 2.59. The van der Waals surface area contributed by atoms with Gasteiger partial charge >= 0.3 is 0 Å². The first-order valence-electron chi connectivity index (χ1n) is 6.60. The number of aliphatic hydroxyl groups is 1. The topological polar surface area (TPSA) is 55.8 Å².